The summed E-state index contributed by atoms with van der Waals surface area (Å²) in [4.78, 5) is 9.89. The zero-order valence-corrected chi connectivity index (χ0v) is 11.0. The van der Waals surface area contributed by atoms with E-state index in [1.54, 1.807) is 0 Å². The van der Waals surface area contributed by atoms with Gasteiger partial charge in [0.1, 0.15) is 5.69 Å². The monoisotopic (exact) mass is 273 g/mol. The maximum absolute atomic E-state index is 12.1. The number of rotatable bonds is 5. The molecule has 2 N–H and O–H groups in total. The van der Waals surface area contributed by atoms with Gasteiger partial charge in [0.2, 0.25) is 10.0 Å². The summed E-state index contributed by atoms with van der Waals surface area (Å²) in [5.74, 6) is 0. The highest BCUT2D eigenvalue weighted by Gasteiger charge is 2.23. The van der Waals surface area contributed by atoms with E-state index in [9.17, 15) is 18.5 Å². The second-order valence-electron chi connectivity index (χ2n) is 3.80. The molecule has 7 nitrogen and oxygen atoms in total. The van der Waals surface area contributed by atoms with Crippen molar-refractivity contribution in [1.29, 1.82) is 0 Å². The molecular formula is C10H15N3O4S. The fourth-order valence-corrected chi connectivity index (χ4v) is 2.74. The smallest absolute Gasteiger partial charge is 0.293 e. The van der Waals surface area contributed by atoms with Crippen LogP contribution in [-0.4, -0.2) is 31.2 Å². The molecule has 0 unspecified atom stereocenters. The third-order valence-electron chi connectivity index (χ3n) is 2.45. The maximum atomic E-state index is 12.1. The van der Waals surface area contributed by atoms with Crippen LogP contribution in [0.4, 0.5) is 11.4 Å². The van der Waals surface area contributed by atoms with Gasteiger partial charge in [-0.3, -0.25) is 10.1 Å². The zero-order valence-electron chi connectivity index (χ0n) is 10.2. The molecule has 0 atom stereocenters. The molecule has 1 aromatic carbocycles. The van der Waals surface area contributed by atoms with Gasteiger partial charge in [-0.15, -0.1) is 0 Å². The SMILES string of the molecule is CCCN(C)S(=O)(=O)c1ccc(N)c([N+](=O)[O-])c1. The lowest BCUT2D eigenvalue weighted by Crippen LogP contribution is -2.27. The molecule has 8 heteroatoms. The Bertz CT molecular complexity index is 556. The van der Waals surface area contributed by atoms with E-state index in [2.05, 4.69) is 0 Å². The van der Waals surface area contributed by atoms with Crippen molar-refractivity contribution in [2.24, 2.45) is 0 Å². The minimum Gasteiger partial charge on any atom is -0.393 e. The Hall–Kier alpha value is -1.67. The zero-order chi connectivity index (χ0) is 13.9. The van der Waals surface area contributed by atoms with Crippen LogP contribution < -0.4 is 5.73 Å². The lowest BCUT2D eigenvalue weighted by Gasteiger charge is -2.16. The molecule has 1 rings (SSSR count). The summed E-state index contributed by atoms with van der Waals surface area (Å²) < 4.78 is 25.3. The molecule has 0 heterocycles. The lowest BCUT2D eigenvalue weighted by molar-refractivity contribution is -0.384. The van der Waals surface area contributed by atoms with E-state index in [-0.39, 0.29) is 10.6 Å². The van der Waals surface area contributed by atoms with Crippen LogP contribution in [0.3, 0.4) is 0 Å². The van der Waals surface area contributed by atoms with Crippen molar-refractivity contribution in [2.45, 2.75) is 18.2 Å². The van der Waals surface area contributed by atoms with E-state index >= 15 is 0 Å². The van der Waals surface area contributed by atoms with Gasteiger partial charge in [0.25, 0.3) is 5.69 Å². The van der Waals surface area contributed by atoms with Gasteiger partial charge in [-0.25, -0.2) is 12.7 Å². The molecule has 100 valence electrons. The minimum absolute atomic E-state index is 0.0582. The van der Waals surface area contributed by atoms with Crippen molar-refractivity contribution in [2.75, 3.05) is 19.3 Å². The van der Waals surface area contributed by atoms with E-state index < -0.39 is 20.6 Å². The van der Waals surface area contributed by atoms with Gasteiger partial charge in [0, 0.05) is 19.7 Å². The normalized spacial score (nSPS) is 11.7. The Morgan fingerprint density at radius 3 is 2.56 bits per heavy atom. The molecule has 0 amide bonds. The van der Waals surface area contributed by atoms with Gasteiger partial charge < -0.3 is 5.73 Å². The summed E-state index contributed by atoms with van der Waals surface area (Å²) in [5, 5.41) is 10.7. The van der Waals surface area contributed by atoms with Gasteiger partial charge in [0.15, 0.2) is 0 Å². The highest BCUT2D eigenvalue weighted by atomic mass is 32.2. The summed E-state index contributed by atoms with van der Waals surface area (Å²) in [6.07, 6.45) is 0.660. The Labute approximate surface area is 105 Å². The molecule has 0 radical (unpaired) electrons. The average molecular weight is 273 g/mol. The number of anilines is 1. The first kappa shape index (κ1) is 14.4. The Kier molecular flexibility index (Phi) is 4.25. The van der Waals surface area contributed by atoms with E-state index in [1.165, 1.54) is 19.2 Å². The Morgan fingerprint density at radius 2 is 2.06 bits per heavy atom. The predicted molar refractivity (Wildman–Crippen MR) is 67.6 cm³/mol. The van der Waals surface area contributed by atoms with Crippen LogP contribution in [0, 0.1) is 10.1 Å². The quantitative estimate of drug-likeness (QED) is 0.493. The van der Waals surface area contributed by atoms with Crippen molar-refractivity contribution in [3.8, 4) is 0 Å². The molecule has 0 aliphatic carbocycles. The number of hydrogen-bond acceptors (Lipinski definition) is 5. The number of nitro groups is 1. The standard InChI is InChI=1S/C10H15N3O4S/c1-3-6-12(2)18(16,17)8-4-5-9(11)10(7-8)13(14)15/h4-5,7H,3,6,11H2,1-2H3. The highest BCUT2D eigenvalue weighted by molar-refractivity contribution is 7.89. The fourth-order valence-electron chi connectivity index (χ4n) is 1.46. The second kappa shape index (κ2) is 5.32. The number of nitrogens with two attached hydrogens (primary N) is 1. The summed E-state index contributed by atoms with van der Waals surface area (Å²) in [6, 6.07) is 3.48. The van der Waals surface area contributed by atoms with Crippen molar-refractivity contribution >= 4 is 21.4 Å². The molecule has 0 saturated heterocycles. The molecule has 0 aliphatic heterocycles. The van der Waals surface area contributed by atoms with Crippen molar-refractivity contribution in [3.63, 3.8) is 0 Å². The van der Waals surface area contributed by atoms with Crippen LogP contribution in [0.15, 0.2) is 23.1 Å². The van der Waals surface area contributed by atoms with Crippen LogP contribution in [0.2, 0.25) is 0 Å². The number of nitrogens with zero attached hydrogens (tertiary/aromatic N) is 2. The summed E-state index contributed by atoms with van der Waals surface area (Å²) in [7, 11) is -2.27. The predicted octanol–water partition coefficient (Wildman–Crippen LogP) is 1.21. The summed E-state index contributed by atoms with van der Waals surface area (Å²) >= 11 is 0. The van der Waals surface area contributed by atoms with Crippen LogP contribution >= 0.6 is 0 Å². The second-order valence-corrected chi connectivity index (χ2v) is 5.85. The van der Waals surface area contributed by atoms with Crippen LogP contribution in [0.1, 0.15) is 13.3 Å². The average Bonchev–Trinajstić information content (AvgIpc) is 2.29. The lowest BCUT2D eigenvalue weighted by atomic mass is 10.3. The number of hydrogen-bond donors (Lipinski definition) is 1. The molecule has 0 saturated carbocycles. The van der Waals surface area contributed by atoms with Crippen LogP contribution in [0.25, 0.3) is 0 Å². The van der Waals surface area contributed by atoms with E-state index in [0.717, 1.165) is 10.4 Å². The molecule has 0 bridgehead atoms. The number of sulfonamides is 1. The first-order valence-corrected chi connectivity index (χ1v) is 6.75. The molecule has 18 heavy (non-hydrogen) atoms. The summed E-state index contributed by atoms with van der Waals surface area (Å²) in [6.45, 7) is 2.19. The van der Waals surface area contributed by atoms with Gasteiger partial charge in [0.05, 0.1) is 9.82 Å². The number of nitrogen functional groups attached to an aromatic ring is 1. The van der Waals surface area contributed by atoms with Gasteiger partial charge in [-0.2, -0.15) is 0 Å². The van der Waals surface area contributed by atoms with Gasteiger partial charge >= 0.3 is 0 Å². The largest absolute Gasteiger partial charge is 0.393 e. The molecule has 0 aromatic heterocycles. The molecule has 0 fully saturated rings. The molecule has 0 aliphatic rings. The molecule has 0 spiro atoms. The fraction of sp³-hybridized carbons (Fsp3) is 0.400. The molecular weight excluding hydrogens is 258 g/mol. The number of benzene rings is 1. The van der Waals surface area contributed by atoms with E-state index in [1.807, 2.05) is 6.92 Å². The van der Waals surface area contributed by atoms with Crippen molar-refractivity contribution in [1.82, 2.24) is 4.31 Å². The van der Waals surface area contributed by atoms with Crippen molar-refractivity contribution in [3.05, 3.63) is 28.3 Å². The minimum atomic E-state index is -3.70. The van der Waals surface area contributed by atoms with E-state index in [4.69, 9.17) is 5.73 Å². The van der Waals surface area contributed by atoms with Crippen LogP contribution in [0.5, 0.6) is 0 Å². The van der Waals surface area contributed by atoms with Gasteiger partial charge in [-0.05, 0) is 18.6 Å². The topological polar surface area (TPSA) is 107 Å². The third-order valence-corrected chi connectivity index (χ3v) is 4.30. The Balaban J connectivity index is 3.26. The van der Waals surface area contributed by atoms with Crippen molar-refractivity contribution < 1.29 is 13.3 Å². The summed E-state index contributed by atoms with van der Waals surface area (Å²) in [5.41, 5.74) is 4.96. The third kappa shape index (κ3) is 2.77. The molecule has 1 aromatic rings. The van der Waals surface area contributed by atoms with E-state index in [0.29, 0.717) is 13.0 Å². The van der Waals surface area contributed by atoms with Gasteiger partial charge in [-0.1, -0.05) is 6.92 Å². The highest BCUT2D eigenvalue weighted by Crippen LogP contribution is 2.26. The first-order chi connectivity index (χ1) is 8.30. The van der Waals surface area contributed by atoms with Crippen LogP contribution in [-0.2, 0) is 10.0 Å². The maximum Gasteiger partial charge on any atom is 0.293 e. The Morgan fingerprint density at radius 1 is 1.44 bits per heavy atom. The number of nitro benzene ring substituents is 1. The first-order valence-electron chi connectivity index (χ1n) is 5.31.